The zero-order valence-corrected chi connectivity index (χ0v) is 12.5. The fourth-order valence-electron chi connectivity index (χ4n) is 3.05. The third kappa shape index (κ3) is 3.26. The minimum Gasteiger partial charge on any atom is -0.293 e. The van der Waals surface area contributed by atoms with Crippen LogP contribution in [0.3, 0.4) is 0 Å². The molecule has 0 saturated carbocycles. The second kappa shape index (κ2) is 6.19. The molecule has 3 heteroatoms. The Balaban J connectivity index is 2.04. The summed E-state index contributed by atoms with van der Waals surface area (Å²) in [4.78, 5) is 14.6. The van der Waals surface area contributed by atoms with Gasteiger partial charge in [0.15, 0.2) is 5.78 Å². The summed E-state index contributed by atoms with van der Waals surface area (Å²) >= 11 is 0. The molecule has 2 rings (SSSR count). The minimum absolute atomic E-state index is 0.141. The zero-order valence-electron chi connectivity index (χ0n) is 12.5. The van der Waals surface area contributed by atoms with Crippen LogP contribution in [0.4, 0.5) is 0 Å². The van der Waals surface area contributed by atoms with E-state index in [2.05, 4.69) is 31.7 Å². The smallest absolute Gasteiger partial charge is 0.176 e. The summed E-state index contributed by atoms with van der Waals surface area (Å²) in [5, 5.41) is 8.78. The van der Waals surface area contributed by atoms with Gasteiger partial charge >= 0.3 is 0 Å². The maximum Gasteiger partial charge on any atom is 0.176 e. The Morgan fingerprint density at radius 3 is 2.55 bits per heavy atom. The van der Waals surface area contributed by atoms with Gasteiger partial charge in [-0.05, 0) is 37.3 Å². The monoisotopic (exact) mass is 270 g/mol. The van der Waals surface area contributed by atoms with Crippen molar-refractivity contribution in [3.05, 3.63) is 35.4 Å². The first-order valence-electron chi connectivity index (χ1n) is 7.28. The molecule has 20 heavy (non-hydrogen) atoms. The minimum atomic E-state index is 0.141. The molecule has 0 aliphatic carbocycles. The summed E-state index contributed by atoms with van der Waals surface area (Å²) in [6.45, 7) is 8.19. The first-order chi connectivity index (χ1) is 9.51. The number of Topliss-reactive ketones (excluding diaryl/α,β-unsaturated/α-hetero) is 1. The summed E-state index contributed by atoms with van der Waals surface area (Å²) in [6.07, 6.45) is 1.24. The van der Waals surface area contributed by atoms with Crippen LogP contribution in [-0.2, 0) is 0 Å². The topological polar surface area (TPSA) is 44.1 Å². The van der Waals surface area contributed by atoms with Crippen molar-refractivity contribution in [3.8, 4) is 6.07 Å². The normalized spacial score (nSPS) is 27.0. The van der Waals surface area contributed by atoms with Crippen LogP contribution in [0.15, 0.2) is 24.3 Å². The van der Waals surface area contributed by atoms with E-state index in [9.17, 15) is 4.79 Å². The van der Waals surface area contributed by atoms with Gasteiger partial charge in [-0.2, -0.15) is 5.26 Å². The molecule has 1 fully saturated rings. The van der Waals surface area contributed by atoms with E-state index in [1.807, 2.05) is 0 Å². The Labute approximate surface area is 121 Å². The molecular formula is C17H22N2O. The van der Waals surface area contributed by atoms with Crippen LogP contribution in [0.5, 0.6) is 0 Å². The lowest BCUT2D eigenvalue weighted by molar-refractivity contribution is 0.0650. The molecule has 3 atom stereocenters. The third-order valence-electron chi connectivity index (χ3n) is 4.40. The molecule has 1 aliphatic heterocycles. The molecule has 0 bridgehead atoms. The van der Waals surface area contributed by atoms with Crippen LogP contribution < -0.4 is 0 Å². The van der Waals surface area contributed by atoms with Gasteiger partial charge in [0.2, 0.25) is 0 Å². The molecule has 0 aromatic heterocycles. The summed E-state index contributed by atoms with van der Waals surface area (Å²) in [5.41, 5.74) is 1.29. The molecule has 0 N–H and O–H groups in total. The highest BCUT2D eigenvalue weighted by molar-refractivity contribution is 5.97. The number of benzene rings is 1. The van der Waals surface area contributed by atoms with Crippen molar-refractivity contribution < 1.29 is 4.79 Å². The van der Waals surface area contributed by atoms with Gasteiger partial charge in [-0.3, -0.25) is 9.69 Å². The van der Waals surface area contributed by atoms with Crippen LogP contribution in [-0.4, -0.2) is 29.8 Å². The van der Waals surface area contributed by atoms with Crippen molar-refractivity contribution in [1.29, 1.82) is 5.26 Å². The number of likely N-dealkylation sites (tertiary alicyclic amines) is 1. The first kappa shape index (κ1) is 14.7. The summed E-state index contributed by atoms with van der Waals surface area (Å²) < 4.78 is 0. The van der Waals surface area contributed by atoms with Crippen molar-refractivity contribution in [2.24, 2.45) is 11.8 Å². The zero-order chi connectivity index (χ0) is 14.7. The van der Waals surface area contributed by atoms with E-state index in [1.54, 1.807) is 24.3 Å². The number of carbonyl (C=O) groups is 1. The number of ketones is 1. The van der Waals surface area contributed by atoms with Gasteiger partial charge in [-0.25, -0.2) is 0 Å². The molecular weight excluding hydrogens is 248 g/mol. The molecule has 1 aliphatic rings. The van der Waals surface area contributed by atoms with Crippen molar-refractivity contribution >= 4 is 5.78 Å². The summed E-state index contributed by atoms with van der Waals surface area (Å²) in [5.74, 6) is 1.42. The fourth-order valence-corrected chi connectivity index (χ4v) is 3.05. The van der Waals surface area contributed by atoms with E-state index in [1.165, 1.54) is 6.42 Å². The van der Waals surface area contributed by atoms with Gasteiger partial charge in [-0.1, -0.05) is 26.0 Å². The molecule has 1 aromatic rings. The number of hydrogen-bond donors (Lipinski definition) is 0. The third-order valence-corrected chi connectivity index (χ3v) is 4.40. The van der Waals surface area contributed by atoms with Crippen LogP contribution >= 0.6 is 0 Å². The first-order valence-corrected chi connectivity index (χ1v) is 7.28. The number of carbonyl (C=O) groups excluding carboxylic acids is 1. The van der Waals surface area contributed by atoms with Crippen molar-refractivity contribution in [1.82, 2.24) is 4.90 Å². The number of nitriles is 1. The maximum atomic E-state index is 12.3. The van der Waals surface area contributed by atoms with E-state index in [4.69, 9.17) is 5.26 Å². The Kier molecular flexibility index (Phi) is 4.57. The maximum absolute atomic E-state index is 12.3. The highest BCUT2D eigenvalue weighted by Crippen LogP contribution is 2.26. The average Bonchev–Trinajstić information content (AvgIpc) is 2.44. The van der Waals surface area contributed by atoms with Crippen LogP contribution in [0.2, 0.25) is 0 Å². The molecule has 3 nitrogen and oxygen atoms in total. The molecule has 0 radical (unpaired) electrons. The van der Waals surface area contributed by atoms with Gasteiger partial charge in [0.05, 0.1) is 18.2 Å². The van der Waals surface area contributed by atoms with Gasteiger partial charge < -0.3 is 0 Å². The number of nitrogens with zero attached hydrogens (tertiary/aromatic N) is 2. The Morgan fingerprint density at radius 2 is 1.95 bits per heavy atom. The molecule has 1 heterocycles. The Morgan fingerprint density at radius 1 is 1.30 bits per heavy atom. The number of rotatable bonds is 3. The number of hydrogen-bond acceptors (Lipinski definition) is 3. The molecule has 0 spiro atoms. The van der Waals surface area contributed by atoms with E-state index in [-0.39, 0.29) is 5.78 Å². The van der Waals surface area contributed by atoms with Crippen molar-refractivity contribution in [2.75, 3.05) is 13.1 Å². The molecule has 0 amide bonds. The van der Waals surface area contributed by atoms with E-state index in [0.717, 1.165) is 6.54 Å². The van der Waals surface area contributed by atoms with Crippen LogP contribution in [0.25, 0.3) is 0 Å². The van der Waals surface area contributed by atoms with Gasteiger partial charge in [0.1, 0.15) is 0 Å². The van der Waals surface area contributed by atoms with E-state index >= 15 is 0 Å². The SMILES string of the molecule is CC1CC(C)C(C)N(CC(=O)c2ccc(C#N)cc2)C1. The molecule has 1 aromatic carbocycles. The lowest BCUT2D eigenvalue weighted by atomic mass is 9.86. The van der Waals surface area contributed by atoms with Gasteiger partial charge in [0.25, 0.3) is 0 Å². The highest BCUT2D eigenvalue weighted by atomic mass is 16.1. The Hall–Kier alpha value is -1.66. The predicted octanol–water partition coefficient (Wildman–Crippen LogP) is 3.11. The van der Waals surface area contributed by atoms with Crippen LogP contribution in [0.1, 0.15) is 43.1 Å². The second-order valence-electron chi connectivity index (χ2n) is 6.10. The standard InChI is InChI=1S/C17H22N2O/c1-12-8-13(2)14(3)19(10-12)11-17(20)16-6-4-15(9-18)5-7-16/h4-7,12-14H,8,10-11H2,1-3H3. The highest BCUT2D eigenvalue weighted by Gasteiger charge is 2.29. The lowest BCUT2D eigenvalue weighted by Crippen LogP contribution is -2.47. The lowest BCUT2D eigenvalue weighted by Gasteiger charge is -2.40. The van der Waals surface area contributed by atoms with E-state index < -0.39 is 0 Å². The summed E-state index contributed by atoms with van der Waals surface area (Å²) in [7, 11) is 0. The second-order valence-corrected chi connectivity index (χ2v) is 6.10. The molecule has 106 valence electrons. The van der Waals surface area contributed by atoms with Crippen molar-refractivity contribution in [2.45, 2.75) is 33.2 Å². The summed E-state index contributed by atoms with van der Waals surface area (Å²) in [6, 6.07) is 9.44. The average molecular weight is 270 g/mol. The molecule has 1 saturated heterocycles. The Bertz CT molecular complexity index is 515. The van der Waals surface area contributed by atoms with Gasteiger partial charge in [-0.15, -0.1) is 0 Å². The largest absolute Gasteiger partial charge is 0.293 e. The molecule has 3 unspecified atom stereocenters. The number of piperidine rings is 1. The predicted molar refractivity (Wildman–Crippen MR) is 79.5 cm³/mol. The van der Waals surface area contributed by atoms with E-state index in [0.29, 0.717) is 35.5 Å². The fraction of sp³-hybridized carbons (Fsp3) is 0.529. The van der Waals surface area contributed by atoms with Crippen LogP contribution in [0, 0.1) is 23.2 Å². The quantitative estimate of drug-likeness (QED) is 0.793. The van der Waals surface area contributed by atoms with Crippen molar-refractivity contribution in [3.63, 3.8) is 0 Å². The van der Waals surface area contributed by atoms with Gasteiger partial charge in [0, 0.05) is 18.2 Å².